The van der Waals surface area contributed by atoms with Crippen LogP contribution in [0.1, 0.15) is 6.42 Å². The van der Waals surface area contributed by atoms with E-state index >= 15 is 0 Å². The normalized spacial score (nSPS) is 21.2. The summed E-state index contributed by atoms with van der Waals surface area (Å²) in [5.74, 6) is 0.346. The van der Waals surface area contributed by atoms with Gasteiger partial charge in [-0.3, -0.25) is 0 Å². The Labute approximate surface area is 115 Å². The Hall–Kier alpha value is -0.630. The van der Waals surface area contributed by atoms with Gasteiger partial charge in [0.15, 0.2) is 0 Å². The molecule has 0 aliphatic carbocycles. The predicted molar refractivity (Wildman–Crippen MR) is 72.0 cm³/mol. The highest BCUT2D eigenvalue weighted by atomic mass is 79.9. The molecular formula is C11H15BrN2O3S. The summed E-state index contributed by atoms with van der Waals surface area (Å²) >= 11 is 3.28. The molecule has 0 unspecified atom stereocenters. The number of rotatable bonds is 3. The summed E-state index contributed by atoms with van der Waals surface area (Å²) in [6.45, 7) is 0.817. The van der Waals surface area contributed by atoms with Crippen LogP contribution >= 0.6 is 15.9 Å². The second-order valence-electron chi connectivity index (χ2n) is 4.21. The Morgan fingerprint density at radius 3 is 2.78 bits per heavy atom. The maximum Gasteiger partial charge on any atom is 0.246 e. The highest BCUT2D eigenvalue weighted by molar-refractivity contribution is 9.10. The molecular weight excluding hydrogens is 320 g/mol. The third kappa shape index (κ3) is 2.54. The number of ether oxygens (including phenoxy) is 1. The lowest BCUT2D eigenvalue weighted by Gasteiger charge is -2.18. The maximum atomic E-state index is 12.5. The van der Waals surface area contributed by atoms with Crippen molar-refractivity contribution in [1.29, 1.82) is 0 Å². The smallest absolute Gasteiger partial charge is 0.246 e. The number of hydrogen-bond acceptors (Lipinski definition) is 4. The first-order valence-corrected chi connectivity index (χ1v) is 7.77. The quantitative estimate of drug-likeness (QED) is 0.900. The van der Waals surface area contributed by atoms with Crippen LogP contribution in [0.15, 0.2) is 27.6 Å². The third-order valence-corrected chi connectivity index (χ3v) is 5.31. The van der Waals surface area contributed by atoms with E-state index in [9.17, 15) is 8.42 Å². The molecule has 0 radical (unpaired) electrons. The number of benzene rings is 1. The number of halogens is 1. The molecule has 0 saturated carbocycles. The zero-order valence-corrected chi connectivity index (χ0v) is 12.4. The van der Waals surface area contributed by atoms with E-state index in [1.165, 1.54) is 11.4 Å². The van der Waals surface area contributed by atoms with Gasteiger partial charge in [0, 0.05) is 23.6 Å². The van der Waals surface area contributed by atoms with E-state index in [1.54, 1.807) is 18.2 Å². The molecule has 1 aromatic rings. The molecule has 1 fully saturated rings. The van der Waals surface area contributed by atoms with Crippen molar-refractivity contribution in [3.05, 3.63) is 22.7 Å². The van der Waals surface area contributed by atoms with E-state index < -0.39 is 10.0 Å². The molecule has 18 heavy (non-hydrogen) atoms. The molecule has 2 rings (SSSR count). The van der Waals surface area contributed by atoms with Crippen LogP contribution in [-0.2, 0) is 10.0 Å². The predicted octanol–water partition coefficient (Wildman–Crippen LogP) is 1.18. The molecule has 1 aromatic carbocycles. The van der Waals surface area contributed by atoms with E-state index in [0.717, 1.165) is 0 Å². The number of nitrogens with zero attached hydrogens (tertiary/aromatic N) is 1. The Morgan fingerprint density at radius 1 is 1.50 bits per heavy atom. The van der Waals surface area contributed by atoms with Gasteiger partial charge in [-0.05, 0) is 24.6 Å². The molecule has 1 atom stereocenters. The molecule has 2 N–H and O–H groups in total. The van der Waals surface area contributed by atoms with Gasteiger partial charge >= 0.3 is 0 Å². The molecule has 5 nitrogen and oxygen atoms in total. The fourth-order valence-corrected chi connectivity index (χ4v) is 4.17. The second kappa shape index (κ2) is 5.16. The van der Waals surface area contributed by atoms with Gasteiger partial charge < -0.3 is 10.5 Å². The monoisotopic (exact) mass is 334 g/mol. The molecule has 1 aliphatic heterocycles. The lowest BCUT2D eigenvalue weighted by molar-refractivity contribution is 0.398. The van der Waals surface area contributed by atoms with Gasteiger partial charge in [0.05, 0.1) is 7.11 Å². The zero-order valence-electron chi connectivity index (χ0n) is 9.97. The minimum Gasteiger partial charge on any atom is -0.495 e. The van der Waals surface area contributed by atoms with Gasteiger partial charge in [-0.15, -0.1) is 0 Å². The molecule has 7 heteroatoms. The minimum atomic E-state index is -3.54. The van der Waals surface area contributed by atoms with Crippen molar-refractivity contribution < 1.29 is 13.2 Å². The van der Waals surface area contributed by atoms with Crippen LogP contribution < -0.4 is 10.5 Å². The van der Waals surface area contributed by atoms with Crippen LogP contribution in [0.2, 0.25) is 0 Å². The third-order valence-electron chi connectivity index (χ3n) is 2.93. The fourth-order valence-electron chi connectivity index (χ4n) is 1.96. The van der Waals surface area contributed by atoms with Crippen molar-refractivity contribution in [1.82, 2.24) is 4.31 Å². The molecule has 0 aromatic heterocycles. The van der Waals surface area contributed by atoms with Gasteiger partial charge in [-0.25, -0.2) is 8.42 Å². The van der Waals surface area contributed by atoms with Gasteiger partial charge in [0.1, 0.15) is 10.6 Å². The van der Waals surface area contributed by atoms with Crippen LogP contribution in [0.4, 0.5) is 0 Å². The Bertz CT molecular complexity index is 547. The highest BCUT2D eigenvalue weighted by Gasteiger charge is 2.33. The molecule has 100 valence electrons. The molecule has 1 aliphatic rings. The number of hydrogen-bond donors (Lipinski definition) is 1. The first kappa shape index (κ1) is 13.8. The van der Waals surface area contributed by atoms with E-state index in [0.29, 0.717) is 29.7 Å². The summed E-state index contributed by atoms with van der Waals surface area (Å²) in [6, 6.07) is 4.84. The molecule has 0 bridgehead atoms. The molecule has 0 spiro atoms. The first-order chi connectivity index (χ1) is 8.45. The van der Waals surface area contributed by atoms with Crippen molar-refractivity contribution in [3.8, 4) is 5.75 Å². The Balaban J connectivity index is 2.43. The van der Waals surface area contributed by atoms with Crippen LogP contribution in [0, 0.1) is 0 Å². The molecule has 1 heterocycles. The number of sulfonamides is 1. The van der Waals surface area contributed by atoms with Crippen molar-refractivity contribution in [3.63, 3.8) is 0 Å². The van der Waals surface area contributed by atoms with Gasteiger partial charge in [0.25, 0.3) is 0 Å². The average Bonchev–Trinajstić information content (AvgIpc) is 2.76. The topological polar surface area (TPSA) is 72.6 Å². The summed E-state index contributed by atoms with van der Waals surface area (Å²) in [4.78, 5) is 0.175. The number of methoxy groups -OCH3 is 1. The minimum absolute atomic E-state index is 0.0853. The van der Waals surface area contributed by atoms with Crippen molar-refractivity contribution in [2.24, 2.45) is 5.73 Å². The largest absolute Gasteiger partial charge is 0.495 e. The van der Waals surface area contributed by atoms with Gasteiger partial charge in [0.2, 0.25) is 10.0 Å². The summed E-state index contributed by atoms with van der Waals surface area (Å²) < 4.78 is 32.2. The zero-order chi connectivity index (χ0) is 13.3. The summed E-state index contributed by atoms with van der Waals surface area (Å²) in [5, 5.41) is 0. The summed E-state index contributed by atoms with van der Waals surface area (Å²) in [7, 11) is -2.08. The van der Waals surface area contributed by atoms with E-state index in [1.807, 2.05) is 0 Å². The SMILES string of the molecule is COc1ccc(Br)cc1S(=O)(=O)N1CC[C@H](N)C1. The van der Waals surface area contributed by atoms with E-state index in [2.05, 4.69) is 15.9 Å². The maximum absolute atomic E-state index is 12.5. The van der Waals surface area contributed by atoms with Crippen LogP contribution in [0.5, 0.6) is 5.75 Å². The summed E-state index contributed by atoms with van der Waals surface area (Å²) in [5.41, 5.74) is 5.75. The standard InChI is InChI=1S/C11H15BrN2O3S/c1-17-10-3-2-8(12)6-11(10)18(15,16)14-5-4-9(13)7-14/h2-3,6,9H,4-5,7,13H2,1H3/t9-/m0/s1. The Morgan fingerprint density at radius 2 is 2.22 bits per heavy atom. The van der Waals surface area contributed by atoms with Crippen molar-refractivity contribution in [2.75, 3.05) is 20.2 Å². The van der Waals surface area contributed by atoms with Crippen LogP contribution in [-0.4, -0.2) is 39.0 Å². The summed E-state index contributed by atoms with van der Waals surface area (Å²) in [6.07, 6.45) is 0.690. The average molecular weight is 335 g/mol. The van der Waals surface area contributed by atoms with Crippen LogP contribution in [0.3, 0.4) is 0 Å². The fraction of sp³-hybridized carbons (Fsp3) is 0.455. The number of nitrogens with two attached hydrogens (primary N) is 1. The van der Waals surface area contributed by atoms with Gasteiger partial charge in [-0.1, -0.05) is 15.9 Å². The molecule has 1 saturated heterocycles. The lowest BCUT2D eigenvalue weighted by atomic mass is 10.3. The van der Waals surface area contributed by atoms with E-state index in [4.69, 9.17) is 10.5 Å². The van der Waals surface area contributed by atoms with Crippen molar-refractivity contribution >= 4 is 26.0 Å². The Kier molecular flexibility index (Phi) is 3.96. The van der Waals surface area contributed by atoms with E-state index in [-0.39, 0.29) is 10.9 Å². The lowest BCUT2D eigenvalue weighted by Crippen LogP contribution is -2.32. The molecule has 0 amide bonds. The van der Waals surface area contributed by atoms with Gasteiger partial charge in [-0.2, -0.15) is 4.31 Å². The van der Waals surface area contributed by atoms with Crippen molar-refractivity contribution in [2.45, 2.75) is 17.4 Å². The highest BCUT2D eigenvalue weighted by Crippen LogP contribution is 2.31. The first-order valence-electron chi connectivity index (χ1n) is 5.54. The second-order valence-corrected chi connectivity index (χ2v) is 7.03. The van der Waals surface area contributed by atoms with Crippen LogP contribution in [0.25, 0.3) is 0 Å².